The minimum atomic E-state index is -1.19. The number of unbranched alkanes of at least 4 members (excludes halogenated alkanes) is 1. The van der Waals surface area contributed by atoms with Crippen LogP contribution in [0.1, 0.15) is 58.3 Å². The largest absolute Gasteiger partial charge is 0.382 e. The summed E-state index contributed by atoms with van der Waals surface area (Å²) in [5.41, 5.74) is 21.5. The number of likely N-dealkylation sites (tertiary alicyclic amines) is 1. The Balaban J connectivity index is 1.21. The Morgan fingerprint density at radius 1 is 0.842 bits per heavy atom. The van der Waals surface area contributed by atoms with Crippen LogP contribution in [0.5, 0.6) is 0 Å². The first-order chi connectivity index (χ1) is 36.3. The number of carbonyl (C=O) groups excluding carboxylic acids is 9. The molecular formula is C45H65N17O13S. The van der Waals surface area contributed by atoms with E-state index in [1.807, 2.05) is 0 Å². The summed E-state index contributed by atoms with van der Waals surface area (Å²) in [5.74, 6) is -6.92. The van der Waals surface area contributed by atoms with Crippen molar-refractivity contribution in [3.8, 4) is 0 Å². The number of nitrogens with two attached hydrogens (primary N) is 4. The minimum absolute atomic E-state index is 0.0285. The average molecular weight is 1080 g/mol. The Labute approximate surface area is 438 Å². The van der Waals surface area contributed by atoms with Crippen LogP contribution in [0.2, 0.25) is 0 Å². The number of amides is 7. The second-order valence-electron chi connectivity index (χ2n) is 17.6. The maximum absolute atomic E-state index is 14.0. The van der Waals surface area contributed by atoms with Gasteiger partial charge in [-0.2, -0.15) is 9.97 Å². The van der Waals surface area contributed by atoms with Crippen molar-refractivity contribution in [3.05, 3.63) is 33.4 Å². The first kappa shape index (κ1) is 59.2. The number of rotatable bonds is 34. The third-order valence-corrected chi connectivity index (χ3v) is 13.4. The zero-order valence-corrected chi connectivity index (χ0v) is 43.1. The van der Waals surface area contributed by atoms with E-state index in [9.17, 15) is 52.7 Å². The number of nitrogens with zero attached hydrogens (tertiary/aromatic N) is 9. The van der Waals surface area contributed by atoms with Crippen molar-refractivity contribution in [2.24, 2.45) is 17.4 Å². The molecule has 1 fully saturated rings. The molecule has 4 aromatic rings. The monoisotopic (exact) mass is 1080 g/mol. The molecule has 1 aliphatic heterocycles. The van der Waals surface area contributed by atoms with E-state index in [2.05, 4.69) is 40.5 Å². The number of hydrogen-bond acceptors (Lipinski definition) is 21. The molecule has 7 amide bonds. The molecule has 0 radical (unpaired) electrons. The van der Waals surface area contributed by atoms with Gasteiger partial charge in [-0.25, -0.2) is 9.97 Å². The highest BCUT2D eigenvalue weighted by Crippen LogP contribution is 2.28. The number of nitrogens with one attached hydrogen (secondary N) is 4. The number of thioether (sulfide) groups is 1. The van der Waals surface area contributed by atoms with E-state index >= 15 is 0 Å². The zero-order valence-electron chi connectivity index (χ0n) is 42.3. The predicted molar refractivity (Wildman–Crippen MR) is 273 cm³/mol. The molecule has 30 nitrogen and oxygen atoms in total. The molecule has 0 saturated carbocycles. The van der Waals surface area contributed by atoms with Crippen LogP contribution in [-0.2, 0) is 65.7 Å². The maximum Gasteiger partial charge on any atom is 0.280 e. The summed E-state index contributed by atoms with van der Waals surface area (Å²) in [6, 6.07) is -1.19. The van der Waals surface area contributed by atoms with E-state index in [1.165, 1.54) is 26.7 Å². The first-order valence-electron chi connectivity index (χ1n) is 24.4. The number of methoxy groups -OCH3 is 1. The van der Waals surface area contributed by atoms with Crippen molar-refractivity contribution in [1.82, 2.24) is 64.4 Å². The van der Waals surface area contributed by atoms with Crippen molar-refractivity contribution in [3.63, 3.8) is 0 Å². The molecule has 5 rings (SSSR count). The van der Waals surface area contributed by atoms with Gasteiger partial charge in [0.2, 0.25) is 53.2 Å². The van der Waals surface area contributed by atoms with Crippen molar-refractivity contribution < 1.29 is 52.6 Å². The van der Waals surface area contributed by atoms with Crippen LogP contribution < -0.4 is 44.7 Å². The maximum atomic E-state index is 14.0. The second kappa shape index (κ2) is 28.9. The van der Waals surface area contributed by atoms with Crippen molar-refractivity contribution in [1.29, 1.82) is 0 Å². The molecule has 76 heavy (non-hydrogen) atoms. The highest BCUT2D eigenvalue weighted by molar-refractivity contribution is 8.00. The lowest BCUT2D eigenvalue weighted by Crippen LogP contribution is -2.50. The summed E-state index contributed by atoms with van der Waals surface area (Å²) in [5, 5.41) is 4.42. The molecule has 0 bridgehead atoms. The van der Waals surface area contributed by atoms with Gasteiger partial charge in [0, 0.05) is 71.3 Å². The molecular weight excluding hydrogens is 1020 g/mol. The molecule has 3 atom stereocenters. The number of nitrogen functional groups attached to an aromatic ring is 2. The number of anilines is 2. The highest BCUT2D eigenvalue weighted by Gasteiger charge is 2.40. The number of imide groups is 1. The van der Waals surface area contributed by atoms with Gasteiger partial charge in [0.1, 0.15) is 18.9 Å². The highest BCUT2D eigenvalue weighted by atomic mass is 32.2. The number of primary amides is 1. The number of carbonyl (C=O) groups is 9. The molecule has 414 valence electrons. The normalized spacial score (nSPS) is 14.2. The number of ketones is 2. The van der Waals surface area contributed by atoms with E-state index in [0.717, 1.165) is 21.6 Å². The summed E-state index contributed by atoms with van der Waals surface area (Å²) >= 11 is 0.984. The van der Waals surface area contributed by atoms with Gasteiger partial charge in [0.25, 0.3) is 11.1 Å². The van der Waals surface area contributed by atoms with E-state index in [1.54, 1.807) is 14.0 Å². The molecule has 0 aliphatic carbocycles. The van der Waals surface area contributed by atoms with E-state index in [-0.39, 0.29) is 111 Å². The number of ether oxygens (including phenoxy) is 2. The van der Waals surface area contributed by atoms with Crippen molar-refractivity contribution >= 4 is 98.9 Å². The van der Waals surface area contributed by atoms with Gasteiger partial charge in [-0.15, -0.1) is 11.8 Å². The molecule has 0 aromatic carbocycles. The van der Waals surface area contributed by atoms with E-state index in [4.69, 9.17) is 32.4 Å². The topological polar surface area (TPSA) is 437 Å². The predicted octanol–water partition coefficient (Wildman–Crippen LogP) is -3.85. The van der Waals surface area contributed by atoms with Crippen LogP contribution in [0.3, 0.4) is 0 Å². The fraction of sp³-hybridized carbons (Fsp3) is 0.578. The molecule has 31 heteroatoms. The van der Waals surface area contributed by atoms with Gasteiger partial charge in [-0.1, -0.05) is 0 Å². The second-order valence-corrected chi connectivity index (χ2v) is 18.9. The van der Waals surface area contributed by atoms with Crippen LogP contribution in [0, 0.1) is 5.92 Å². The molecule has 4 aromatic heterocycles. The van der Waals surface area contributed by atoms with E-state index < -0.39 is 102 Å². The van der Waals surface area contributed by atoms with Crippen molar-refractivity contribution in [2.75, 3.05) is 90.0 Å². The minimum Gasteiger partial charge on any atom is -0.382 e. The smallest absolute Gasteiger partial charge is 0.280 e. The third kappa shape index (κ3) is 16.9. The molecule has 12 N–H and O–H groups in total. The lowest BCUT2D eigenvalue weighted by Gasteiger charge is -2.25. The van der Waals surface area contributed by atoms with Gasteiger partial charge < -0.3 is 62.0 Å². The number of aromatic nitrogens is 8. The van der Waals surface area contributed by atoms with Gasteiger partial charge in [0.15, 0.2) is 28.1 Å². The number of aromatic amines is 2. The molecule has 5 heterocycles. The summed E-state index contributed by atoms with van der Waals surface area (Å²) < 4.78 is 12.8. The van der Waals surface area contributed by atoms with Gasteiger partial charge in [-0.05, 0) is 39.2 Å². The Bertz CT molecular complexity index is 2870. The summed E-state index contributed by atoms with van der Waals surface area (Å²) in [7, 11) is 1.55. The number of likely N-dealkylation sites (N-methyl/N-ethyl adjacent to an activating group) is 1. The number of H-pyrrole nitrogens is 2. The molecule has 1 saturated heterocycles. The summed E-state index contributed by atoms with van der Waals surface area (Å²) in [6.45, 7) is 0.665. The number of Topliss-reactive ketones (excluding diaryl/α,β-unsaturated/α-hetero) is 2. The van der Waals surface area contributed by atoms with Gasteiger partial charge in [0.05, 0.1) is 56.2 Å². The standard InChI is InChI=1S/C45H65N17O13S/c1-3-58(34(68)21-60-24-51-36-39(60)54-44(48)56-41(36)71)19-31(65)50-11-13-59(35(69)22-61-25-52-37-40(61)55-45(49)57-42(37)72)20-32(66)53-28(8-4-5-10-46)29(64)17-26(38(47)70)23-76-30-18-33(67)62(43(30)73)12-9-27(63)7-6-14-75-16-15-74-2/h24-26,28,30H,3-23,46H2,1-2H3,(H2,47,70)(H,50,65)(H,53,66)(H3,48,54,56,71)(H3,49,55,57,72). The molecule has 3 unspecified atom stereocenters. The molecule has 1 aliphatic rings. The summed E-state index contributed by atoms with van der Waals surface area (Å²) in [4.78, 5) is 168. The van der Waals surface area contributed by atoms with Crippen molar-refractivity contribution in [2.45, 2.75) is 82.7 Å². The fourth-order valence-corrected chi connectivity index (χ4v) is 9.24. The number of hydrogen-bond donors (Lipinski definition) is 8. The van der Waals surface area contributed by atoms with E-state index in [0.29, 0.717) is 39.1 Å². The van der Waals surface area contributed by atoms with Crippen LogP contribution >= 0.6 is 11.8 Å². The Morgan fingerprint density at radius 2 is 1.46 bits per heavy atom. The SMILES string of the molecule is CCN(CC(=O)NCCN(CC(=O)NC(CCCCN)C(=O)CC(CSC1CC(=O)N(CCC(=O)CCCOCCOC)C1=O)C(N)=O)C(=O)Cn1cnc2c(=O)[nH]c(N)nc21)C(=O)Cn1cnc2c(=O)[nH]c(N)nc21. The Morgan fingerprint density at radius 3 is 2.05 bits per heavy atom. The van der Waals surface area contributed by atoms with Crippen LogP contribution in [0.15, 0.2) is 22.2 Å². The zero-order chi connectivity index (χ0) is 55.5. The van der Waals surface area contributed by atoms with Crippen LogP contribution in [0.25, 0.3) is 22.3 Å². The number of imidazole rings is 2. The van der Waals surface area contributed by atoms with Gasteiger partial charge in [-0.3, -0.25) is 67.6 Å². The lowest BCUT2D eigenvalue weighted by molar-refractivity contribution is -0.139. The molecule has 0 spiro atoms. The lowest BCUT2D eigenvalue weighted by atomic mass is 9.96. The Hall–Kier alpha value is -7.64. The quantitative estimate of drug-likeness (QED) is 0.0164. The number of fused-ring (bicyclic) bond motifs is 2. The third-order valence-electron chi connectivity index (χ3n) is 12.1. The van der Waals surface area contributed by atoms with Crippen LogP contribution in [-0.4, -0.2) is 196 Å². The van der Waals surface area contributed by atoms with Gasteiger partial charge >= 0.3 is 0 Å². The Kier molecular flexibility index (Phi) is 22.5. The average Bonchev–Trinajstić information content (AvgIpc) is 4.05. The fourth-order valence-electron chi connectivity index (χ4n) is 7.97. The van der Waals surface area contributed by atoms with Crippen LogP contribution in [0.4, 0.5) is 11.9 Å². The first-order valence-corrected chi connectivity index (χ1v) is 25.5. The summed E-state index contributed by atoms with van der Waals surface area (Å²) in [6.07, 6.45) is 3.39.